The number of aryl methyl sites for hydroxylation is 2. The van der Waals surface area contributed by atoms with E-state index in [0.29, 0.717) is 16.0 Å². The number of carbonyl (C=O) groups is 2. The van der Waals surface area contributed by atoms with Crippen molar-refractivity contribution in [3.8, 4) is 17.1 Å². The van der Waals surface area contributed by atoms with Crippen LogP contribution in [0.4, 0.5) is 4.79 Å². The van der Waals surface area contributed by atoms with E-state index in [-0.39, 0.29) is 5.75 Å². The molecule has 1 aromatic heterocycles. The molecule has 0 saturated carbocycles. The zero-order chi connectivity index (χ0) is 20.3. The first kappa shape index (κ1) is 19.9. The van der Waals surface area contributed by atoms with Crippen LogP contribution in [0.1, 0.15) is 11.1 Å². The minimum Gasteiger partial charge on any atom is -0.351 e. The number of urea groups is 1. The van der Waals surface area contributed by atoms with Crippen molar-refractivity contribution in [3.05, 3.63) is 58.6 Å². The molecule has 3 aromatic rings. The molecular formula is C19H18ClN5O2S. The standard InChI is InChI=1S/C19H18ClN5O2S/c1-11-7-8-12(2)15(9-11)25-17(13-5-3-4-6-14(13)20)23-24-19(25)28-10-16(26)22-18(21)27/h3-9H,10H2,1-2H3,(H3,21,22,26,27). The van der Waals surface area contributed by atoms with Crippen molar-refractivity contribution >= 4 is 35.3 Å². The fourth-order valence-corrected chi connectivity index (χ4v) is 3.63. The number of primary amides is 1. The average molecular weight is 416 g/mol. The molecule has 28 heavy (non-hydrogen) atoms. The Morgan fingerprint density at radius 2 is 1.93 bits per heavy atom. The van der Waals surface area contributed by atoms with Crippen LogP contribution in [0.2, 0.25) is 5.02 Å². The Labute approximate surface area is 171 Å². The number of hydrogen-bond donors (Lipinski definition) is 2. The molecule has 3 rings (SSSR count). The first-order chi connectivity index (χ1) is 13.4. The molecule has 9 heteroatoms. The van der Waals surface area contributed by atoms with Gasteiger partial charge in [0.15, 0.2) is 11.0 Å². The van der Waals surface area contributed by atoms with E-state index in [2.05, 4.69) is 10.2 Å². The second-order valence-corrected chi connectivity index (χ2v) is 7.46. The van der Waals surface area contributed by atoms with Crippen LogP contribution >= 0.6 is 23.4 Å². The van der Waals surface area contributed by atoms with Crippen LogP contribution < -0.4 is 11.1 Å². The zero-order valence-corrected chi connectivity index (χ0v) is 16.8. The molecule has 0 aliphatic heterocycles. The number of benzene rings is 2. The third-order valence-corrected chi connectivity index (χ3v) is 5.21. The number of aromatic nitrogens is 3. The molecule has 0 unspecified atom stereocenters. The van der Waals surface area contributed by atoms with Crippen molar-refractivity contribution in [1.82, 2.24) is 20.1 Å². The molecule has 0 fully saturated rings. The highest BCUT2D eigenvalue weighted by Gasteiger charge is 2.20. The summed E-state index contributed by atoms with van der Waals surface area (Å²) < 4.78 is 1.87. The largest absolute Gasteiger partial charge is 0.351 e. The van der Waals surface area contributed by atoms with E-state index < -0.39 is 11.9 Å². The number of rotatable bonds is 5. The summed E-state index contributed by atoms with van der Waals surface area (Å²) in [6.07, 6.45) is 0. The molecule has 0 aliphatic rings. The van der Waals surface area contributed by atoms with Crippen molar-refractivity contribution in [1.29, 1.82) is 0 Å². The van der Waals surface area contributed by atoms with Gasteiger partial charge in [-0.15, -0.1) is 10.2 Å². The van der Waals surface area contributed by atoms with E-state index in [0.717, 1.165) is 34.1 Å². The van der Waals surface area contributed by atoms with Gasteiger partial charge in [-0.2, -0.15) is 0 Å². The zero-order valence-electron chi connectivity index (χ0n) is 15.3. The van der Waals surface area contributed by atoms with Gasteiger partial charge in [0.25, 0.3) is 0 Å². The highest BCUT2D eigenvalue weighted by Crippen LogP contribution is 2.33. The van der Waals surface area contributed by atoms with Gasteiger partial charge in [0, 0.05) is 5.56 Å². The minimum atomic E-state index is -0.890. The highest BCUT2D eigenvalue weighted by atomic mass is 35.5. The Morgan fingerprint density at radius 1 is 1.18 bits per heavy atom. The van der Waals surface area contributed by atoms with Crippen molar-refractivity contribution < 1.29 is 9.59 Å². The normalized spacial score (nSPS) is 10.7. The van der Waals surface area contributed by atoms with Gasteiger partial charge >= 0.3 is 6.03 Å². The van der Waals surface area contributed by atoms with Gasteiger partial charge in [0.2, 0.25) is 5.91 Å². The Hall–Kier alpha value is -2.84. The van der Waals surface area contributed by atoms with Crippen LogP contribution in [0.15, 0.2) is 47.6 Å². The number of halogens is 1. The number of carbonyl (C=O) groups excluding carboxylic acids is 2. The summed E-state index contributed by atoms with van der Waals surface area (Å²) >= 11 is 7.53. The number of thioether (sulfide) groups is 1. The summed E-state index contributed by atoms with van der Waals surface area (Å²) in [6, 6.07) is 12.5. The molecule has 144 valence electrons. The Bertz CT molecular complexity index is 1050. The summed E-state index contributed by atoms with van der Waals surface area (Å²) in [7, 11) is 0. The molecule has 0 aliphatic carbocycles. The lowest BCUT2D eigenvalue weighted by Crippen LogP contribution is -2.36. The minimum absolute atomic E-state index is 0.0333. The fraction of sp³-hybridized carbons (Fsp3) is 0.158. The molecule has 3 N–H and O–H groups in total. The SMILES string of the molecule is Cc1ccc(C)c(-n2c(SCC(=O)NC(N)=O)nnc2-c2ccccc2Cl)c1. The van der Waals surface area contributed by atoms with Crippen LogP contribution in [-0.4, -0.2) is 32.5 Å². The maximum absolute atomic E-state index is 11.8. The number of hydrogen-bond acceptors (Lipinski definition) is 5. The van der Waals surface area contributed by atoms with E-state index in [4.69, 9.17) is 17.3 Å². The number of nitrogens with two attached hydrogens (primary N) is 1. The van der Waals surface area contributed by atoms with Gasteiger partial charge in [-0.3, -0.25) is 14.7 Å². The van der Waals surface area contributed by atoms with Crippen LogP contribution in [0.25, 0.3) is 17.1 Å². The lowest BCUT2D eigenvalue weighted by molar-refractivity contribution is -0.117. The van der Waals surface area contributed by atoms with Gasteiger partial charge in [0.05, 0.1) is 16.5 Å². The second kappa shape index (κ2) is 8.45. The molecule has 0 spiro atoms. The summed E-state index contributed by atoms with van der Waals surface area (Å²) in [6.45, 7) is 3.98. The van der Waals surface area contributed by atoms with Gasteiger partial charge < -0.3 is 5.73 Å². The average Bonchev–Trinajstić information content (AvgIpc) is 3.05. The van der Waals surface area contributed by atoms with Crippen LogP contribution in [0, 0.1) is 13.8 Å². The van der Waals surface area contributed by atoms with Crippen molar-refractivity contribution in [2.45, 2.75) is 19.0 Å². The molecule has 3 amide bonds. The van der Waals surface area contributed by atoms with Crippen LogP contribution in [-0.2, 0) is 4.79 Å². The van der Waals surface area contributed by atoms with Gasteiger partial charge in [-0.05, 0) is 43.2 Å². The monoisotopic (exact) mass is 415 g/mol. The molecule has 0 radical (unpaired) electrons. The lowest BCUT2D eigenvalue weighted by Gasteiger charge is -2.14. The van der Waals surface area contributed by atoms with E-state index in [1.54, 1.807) is 6.07 Å². The van der Waals surface area contributed by atoms with E-state index in [1.807, 2.05) is 60.1 Å². The third kappa shape index (κ3) is 4.35. The summed E-state index contributed by atoms with van der Waals surface area (Å²) in [5, 5.41) is 11.7. The van der Waals surface area contributed by atoms with Crippen molar-refractivity contribution in [2.24, 2.45) is 5.73 Å². The van der Waals surface area contributed by atoms with E-state index >= 15 is 0 Å². The lowest BCUT2D eigenvalue weighted by atomic mass is 10.1. The fourth-order valence-electron chi connectivity index (χ4n) is 2.66. The Kier molecular flexibility index (Phi) is 6.01. The number of nitrogens with one attached hydrogen (secondary N) is 1. The number of imide groups is 1. The molecule has 0 bridgehead atoms. The van der Waals surface area contributed by atoms with Gasteiger partial charge in [0.1, 0.15) is 0 Å². The number of nitrogens with zero attached hydrogens (tertiary/aromatic N) is 3. The quantitative estimate of drug-likeness (QED) is 0.621. The predicted molar refractivity (Wildman–Crippen MR) is 110 cm³/mol. The second-order valence-electron chi connectivity index (χ2n) is 6.11. The smallest absolute Gasteiger partial charge is 0.318 e. The maximum atomic E-state index is 11.8. The van der Waals surface area contributed by atoms with E-state index in [1.165, 1.54) is 0 Å². The number of amides is 3. The van der Waals surface area contributed by atoms with Gasteiger partial charge in [-0.1, -0.05) is 47.6 Å². The summed E-state index contributed by atoms with van der Waals surface area (Å²) in [5.74, 6) is 0.0264. The van der Waals surface area contributed by atoms with Crippen LogP contribution in [0.5, 0.6) is 0 Å². The first-order valence-electron chi connectivity index (χ1n) is 8.37. The first-order valence-corrected chi connectivity index (χ1v) is 9.73. The predicted octanol–water partition coefficient (Wildman–Crippen LogP) is 3.49. The van der Waals surface area contributed by atoms with Crippen molar-refractivity contribution in [3.63, 3.8) is 0 Å². The topological polar surface area (TPSA) is 103 Å². The molecular weight excluding hydrogens is 398 g/mol. The van der Waals surface area contributed by atoms with Crippen LogP contribution in [0.3, 0.4) is 0 Å². The van der Waals surface area contributed by atoms with E-state index in [9.17, 15) is 9.59 Å². The summed E-state index contributed by atoms with van der Waals surface area (Å²) in [4.78, 5) is 22.7. The molecule has 0 atom stereocenters. The Balaban J connectivity index is 2.08. The summed E-state index contributed by atoms with van der Waals surface area (Å²) in [5.41, 5.74) is 8.69. The van der Waals surface area contributed by atoms with Gasteiger partial charge in [-0.25, -0.2) is 4.79 Å². The third-order valence-electron chi connectivity index (χ3n) is 3.95. The van der Waals surface area contributed by atoms with Crippen molar-refractivity contribution in [2.75, 3.05) is 5.75 Å². The molecule has 1 heterocycles. The Morgan fingerprint density at radius 3 is 2.64 bits per heavy atom. The molecule has 0 saturated heterocycles. The highest BCUT2D eigenvalue weighted by molar-refractivity contribution is 7.99. The molecule has 2 aromatic carbocycles. The maximum Gasteiger partial charge on any atom is 0.318 e. The molecule has 7 nitrogen and oxygen atoms in total.